The summed E-state index contributed by atoms with van der Waals surface area (Å²) >= 11 is 1.40. The zero-order valence-electron chi connectivity index (χ0n) is 18.3. The van der Waals surface area contributed by atoms with E-state index in [9.17, 15) is 18.0 Å². The molecule has 0 spiro atoms. The Balaban J connectivity index is 1.60. The second-order valence-electron chi connectivity index (χ2n) is 6.95. The van der Waals surface area contributed by atoms with Crippen molar-refractivity contribution in [2.45, 2.75) is 24.3 Å². The standard InChI is InChI=1S/C23H23F3N4O3S/c1-3-11-30-20(15-21(31)27-17-8-6-7-16(14-17)23(24,25)26)28-29-22(30)34-13-12-33-19-10-5-4-9-18(19)32-2/h3-10,14H,1,11-13,15H2,2H3,(H,27,31). The van der Waals surface area contributed by atoms with Crippen LogP contribution in [0.15, 0.2) is 66.3 Å². The van der Waals surface area contributed by atoms with Crippen LogP contribution in [-0.2, 0) is 23.9 Å². The zero-order chi connectivity index (χ0) is 24.6. The minimum Gasteiger partial charge on any atom is -0.493 e. The number of hydrogen-bond acceptors (Lipinski definition) is 6. The number of hydrogen-bond donors (Lipinski definition) is 1. The van der Waals surface area contributed by atoms with Gasteiger partial charge < -0.3 is 19.4 Å². The number of ether oxygens (including phenoxy) is 2. The van der Waals surface area contributed by atoms with Gasteiger partial charge in [-0.25, -0.2) is 0 Å². The quantitative estimate of drug-likeness (QED) is 0.234. The van der Waals surface area contributed by atoms with Crippen molar-refractivity contribution in [3.05, 3.63) is 72.6 Å². The maximum Gasteiger partial charge on any atom is 0.416 e. The second-order valence-corrected chi connectivity index (χ2v) is 8.01. The fourth-order valence-corrected chi connectivity index (χ4v) is 3.80. The summed E-state index contributed by atoms with van der Waals surface area (Å²) < 4.78 is 51.4. The van der Waals surface area contributed by atoms with Crippen LogP contribution in [0.3, 0.4) is 0 Å². The number of thioether (sulfide) groups is 1. The lowest BCUT2D eigenvalue weighted by molar-refractivity contribution is -0.137. The molecule has 0 aliphatic carbocycles. The normalized spacial score (nSPS) is 11.2. The lowest BCUT2D eigenvalue weighted by Gasteiger charge is -2.11. The van der Waals surface area contributed by atoms with Crippen LogP contribution in [0.5, 0.6) is 11.5 Å². The van der Waals surface area contributed by atoms with Gasteiger partial charge in [0.25, 0.3) is 0 Å². The first-order valence-electron chi connectivity index (χ1n) is 10.2. The smallest absolute Gasteiger partial charge is 0.416 e. The predicted octanol–water partition coefficient (Wildman–Crippen LogP) is 4.84. The maximum absolute atomic E-state index is 12.9. The van der Waals surface area contributed by atoms with Crippen LogP contribution in [0, 0.1) is 0 Å². The molecular formula is C23H23F3N4O3S. The van der Waals surface area contributed by atoms with Crippen LogP contribution < -0.4 is 14.8 Å². The summed E-state index contributed by atoms with van der Waals surface area (Å²) in [5, 5.41) is 11.3. The fourth-order valence-electron chi connectivity index (χ4n) is 3.01. The molecule has 34 heavy (non-hydrogen) atoms. The first-order chi connectivity index (χ1) is 16.3. The third kappa shape index (κ3) is 6.77. The number of aromatic nitrogens is 3. The van der Waals surface area contributed by atoms with Crippen LogP contribution in [0.2, 0.25) is 0 Å². The minimum atomic E-state index is -4.49. The molecule has 0 unspecified atom stereocenters. The number of rotatable bonds is 11. The van der Waals surface area contributed by atoms with Crippen LogP contribution in [0.4, 0.5) is 18.9 Å². The van der Waals surface area contributed by atoms with Crippen molar-refractivity contribution in [3.8, 4) is 11.5 Å². The van der Waals surface area contributed by atoms with E-state index in [-0.39, 0.29) is 12.1 Å². The van der Waals surface area contributed by atoms with Crippen LogP contribution in [0.25, 0.3) is 0 Å². The number of methoxy groups -OCH3 is 1. The molecule has 11 heteroatoms. The highest BCUT2D eigenvalue weighted by atomic mass is 32.2. The number of allylic oxidation sites excluding steroid dienone is 1. The van der Waals surface area contributed by atoms with Crippen molar-refractivity contribution in [1.29, 1.82) is 0 Å². The third-order valence-corrected chi connectivity index (χ3v) is 5.47. The Bertz CT molecular complexity index is 1130. The van der Waals surface area contributed by atoms with Gasteiger partial charge in [0.15, 0.2) is 16.7 Å². The largest absolute Gasteiger partial charge is 0.493 e. The molecule has 180 valence electrons. The number of benzene rings is 2. The number of para-hydroxylation sites is 2. The van der Waals surface area contributed by atoms with Crippen molar-refractivity contribution in [1.82, 2.24) is 14.8 Å². The minimum absolute atomic E-state index is 0.0534. The molecular weight excluding hydrogens is 469 g/mol. The molecule has 3 aromatic rings. The first-order valence-corrected chi connectivity index (χ1v) is 11.2. The van der Waals surface area contributed by atoms with E-state index in [1.165, 1.54) is 23.9 Å². The maximum atomic E-state index is 12.9. The molecule has 2 aromatic carbocycles. The number of halogens is 3. The number of alkyl halides is 3. The van der Waals surface area contributed by atoms with Crippen molar-refractivity contribution >= 4 is 23.4 Å². The molecule has 7 nitrogen and oxygen atoms in total. The van der Waals surface area contributed by atoms with E-state index in [2.05, 4.69) is 22.1 Å². The number of anilines is 1. The molecule has 0 fully saturated rings. The van der Waals surface area contributed by atoms with Gasteiger partial charge in [-0.15, -0.1) is 16.8 Å². The van der Waals surface area contributed by atoms with Gasteiger partial charge in [0.2, 0.25) is 5.91 Å². The summed E-state index contributed by atoms with van der Waals surface area (Å²) in [4.78, 5) is 12.4. The molecule has 3 rings (SSSR count). The Morgan fingerprint density at radius 2 is 1.94 bits per heavy atom. The molecule has 0 aliphatic heterocycles. The molecule has 1 aromatic heterocycles. The van der Waals surface area contributed by atoms with Crippen LogP contribution >= 0.6 is 11.8 Å². The molecule has 1 N–H and O–H groups in total. The summed E-state index contributed by atoms with van der Waals surface area (Å²) in [6, 6.07) is 11.8. The number of nitrogens with zero attached hydrogens (tertiary/aromatic N) is 3. The molecule has 0 bridgehead atoms. The van der Waals surface area contributed by atoms with E-state index < -0.39 is 17.6 Å². The van der Waals surface area contributed by atoms with Crippen molar-refractivity contribution < 1.29 is 27.4 Å². The molecule has 0 saturated carbocycles. The van der Waals surface area contributed by atoms with Gasteiger partial charge in [-0.1, -0.05) is 36.0 Å². The Morgan fingerprint density at radius 1 is 1.18 bits per heavy atom. The molecule has 0 saturated heterocycles. The zero-order valence-corrected chi connectivity index (χ0v) is 19.2. The van der Waals surface area contributed by atoms with Gasteiger partial charge in [0.1, 0.15) is 5.82 Å². The van der Waals surface area contributed by atoms with Crippen LogP contribution in [-0.4, -0.2) is 40.1 Å². The topological polar surface area (TPSA) is 78.3 Å². The van der Waals surface area contributed by atoms with E-state index in [0.29, 0.717) is 41.4 Å². The summed E-state index contributed by atoms with van der Waals surface area (Å²) in [6.07, 6.45) is -3.01. The van der Waals surface area contributed by atoms with Crippen molar-refractivity contribution in [3.63, 3.8) is 0 Å². The van der Waals surface area contributed by atoms with E-state index in [0.717, 1.165) is 12.1 Å². The number of carbonyl (C=O) groups is 1. The monoisotopic (exact) mass is 492 g/mol. The van der Waals surface area contributed by atoms with Crippen LogP contribution in [0.1, 0.15) is 11.4 Å². The lowest BCUT2D eigenvalue weighted by atomic mass is 10.2. The highest BCUT2D eigenvalue weighted by Crippen LogP contribution is 2.31. The summed E-state index contributed by atoms with van der Waals surface area (Å²) in [6.45, 7) is 4.48. The van der Waals surface area contributed by atoms with Crippen molar-refractivity contribution in [2.24, 2.45) is 0 Å². The molecule has 0 radical (unpaired) electrons. The number of nitrogens with one attached hydrogen (secondary N) is 1. The first kappa shape index (κ1) is 25.2. The van der Waals surface area contributed by atoms with E-state index >= 15 is 0 Å². The highest BCUT2D eigenvalue weighted by molar-refractivity contribution is 7.99. The average molecular weight is 493 g/mol. The Hall–Kier alpha value is -3.47. The van der Waals surface area contributed by atoms with Gasteiger partial charge in [-0.05, 0) is 30.3 Å². The van der Waals surface area contributed by atoms with E-state index in [1.54, 1.807) is 23.8 Å². The molecule has 0 atom stereocenters. The molecule has 1 amide bonds. The Labute approximate surface area is 199 Å². The average Bonchev–Trinajstić information content (AvgIpc) is 3.17. The molecule has 0 aliphatic rings. The second kappa shape index (κ2) is 11.6. The van der Waals surface area contributed by atoms with E-state index in [4.69, 9.17) is 9.47 Å². The predicted molar refractivity (Wildman–Crippen MR) is 123 cm³/mol. The van der Waals surface area contributed by atoms with Gasteiger partial charge in [-0.3, -0.25) is 4.79 Å². The fraction of sp³-hybridized carbons (Fsp3) is 0.261. The lowest BCUT2D eigenvalue weighted by Crippen LogP contribution is -2.18. The highest BCUT2D eigenvalue weighted by Gasteiger charge is 2.30. The summed E-state index contributed by atoms with van der Waals surface area (Å²) in [7, 11) is 1.57. The Morgan fingerprint density at radius 3 is 2.65 bits per heavy atom. The SMILES string of the molecule is C=CCn1c(CC(=O)Nc2cccc(C(F)(F)F)c2)nnc1SCCOc1ccccc1OC. The summed E-state index contributed by atoms with van der Waals surface area (Å²) in [5.41, 5.74) is -0.785. The van der Waals surface area contributed by atoms with Crippen molar-refractivity contribution in [2.75, 3.05) is 24.8 Å². The number of carbonyl (C=O) groups excluding carboxylic acids is 1. The molecule has 1 heterocycles. The van der Waals surface area contributed by atoms with Gasteiger partial charge in [0.05, 0.1) is 25.7 Å². The Kier molecular flexibility index (Phi) is 8.58. The summed E-state index contributed by atoms with van der Waals surface area (Å²) in [5.74, 6) is 1.69. The van der Waals surface area contributed by atoms with Gasteiger partial charge in [-0.2, -0.15) is 13.2 Å². The number of amides is 1. The van der Waals surface area contributed by atoms with Gasteiger partial charge >= 0.3 is 6.18 Å². The van der Waals surface area contributed by atoms with Gasteiger partial charge in [0, 0.05) is 18.0 Å². The van der Waals surface area contributed by atoms with E-state index in [1.807, 2.05) is 18.2 Å². The third-order valence-electron chi connectivity index (χ3n) is 4.54.